The summed E-state index contributed by atoms with van der Waals surface area (Å²) in [6.45, 7) is 5.26. The molecule has 3 heteroatoms. The van der Waals surface area contributed by atoms with Gasteiger partial charge in [-0.3, -0.25) is 0 Å². The van der Waals surface area contributed by atoms with E-state index in [4.69, 9.17) is 5.73 Å². The first-order valence-corrected chi connectivity index (χ1v) is 6.32. The van der Waals surface area contributed by atoms with Crippen molar-refractivity contribution in [2.45, 2.75) is 31.6 Å². The zero-order valence-corrected chi connectivity index (χ0v) is 11.3. The molecule has 0 saturated carbocycles. The van der Waals surface area contributed by atoms with E-state index in [1.54, 1.807) is 0 Å². The van der Waals surface area contributed by atoms with Crippen molar-refractivity contribution in [3.05, 3.63) is 35.4 Å². The second-order valence-electron chi connectivity index (χ2n) is 4.79. The van der Waals surface area contributed by atoms with Crippen LogP contribution in [0.25, 0.3) is 0 Å². The van der Waals surface area contributed by atoms with Gasteiger partial charge in [0.15, 0.2) is 0 Å². The minimum atomic E-state index is 0. The number of rotatable bonds is 3. The predicted molar refractivity (Wildman–Crippen MR) is 76.0 cm³/mol. The smallest absolute Gasteiger partial charge is 0.00108 e. The lowest BCUT2D eigenvalue weighted by Crippen LogP contribution is -2.27. The summed E-state index contributed by atoms with van der Waals surface area (Å²) in [7, 11) is 0. The van der Waals surface area contributed by atoms with Crippen molar-refractivity contribution < 1.29 is 0 Å². The van der Waals surface area contributed by atoms with Gasteiger partial charge in [-0.15, -0.1) is 12.4 Å². The summed E-state index contributed by atoms with van der Waals surface area (Å²) < 4.78 is 0. The van der Waals surface area contributed by atoms with Crippen molar-refractivity contribution in [3.8, 4) is 0 Å². The van der Waals surface area contributed by atoms with E-state index in [0.29, 0.717) is 5.92 Å². The van der Waals surface area contributed by atoms with Crippen molar-refractivity contribution in [3.63, 3.8) is 0 Å². The van der Waals surface area contributed by atoms with E-state index < -0.39 is 0 Å². The van der Waals surface area contributed by atoms with E-state index in [1.165, 1.54) is 24.0 Å². The highest BCUT2D eigenvalue weighted by atomic mass is 35.5. The van der Waals surface area contributed by atoms with Crippen LogP contribution in [0.4, 0.5) is 0 Å². The van der Waals surface area contributed by atoms with Gasteiger partial charge in [0.25, 0.3) is 0 Å². The molecular weight excluding hydrogens is 232 g/mol. The van der Waals surface area contributed by atoms with Crippen LogP contribution in [-0.2, 0) is 0 Å². The van der Waals surface area contributed by atoms with E-state index in [-0.39, 0.29) is 12.4 Å². The largest absolute Gasteiger partial charge is 0.330 e. The summed E-state index contributed by atoms with van der Waals surface area (Å²) in [5.41, 5.74) is 8.78. The Morgan fingerprint density at radius 2 is 1.94 bits per heavy atom. The molecular formula is C14H23ClN2. The Labute approximate surface area is 110 Å². The third-order valence-electron chi connectivity index (χ3n) is 3.66. The molecule has 0 aliphatic carbocycles. The van der Waals surface area contributed by atoms with Crippen LogP contribution in [-0.4, -0.2) is 19.6 Å². The third-order valence-corrected chi connectivity index (χ3v) is 3.66. The Morgan fingerprint density at radius 1 is 1.29 bits per heavy atom. The van der Waals surface area contributed by atoms with E-state index in [0.717, 1.165) is 25.6 Å². The molecule has 3 N–H and O–H groups in total. The molecule has 1 aromatic rings. The normalized spacial score (nSPS) is 18.5. The second kappa shape index (κ2) is 7.00. The molecule has 2 rings (SSSR count). The van der Waals surface area contributed by atoms with E-state index >= 15 is 0 Å². The molecule has 0 amide bonds. The van der Waals surface area contributed by atoms with Crippen molar-refractivity contribution in [1.29, 1.82) is 0 Å². The number of nitrogens with one attached hydrogen (secondary N) is 1. The van der Waals surface area contributed by atoms with Gasteiger partial charge >= 0.3 is 0 Å². The van der Waals surface area contributed by atoms with Crippen molar-refractivity contribution in [2.24, 2.45) is 5.73 Å². The molecule has 1 unspecified atom stereocenters. The maximum absolute atomic E-state index is 5.79. The van der Waals surface area contributed by atoms with Gasteiger partial charge in [-0.25, -0.2) is 0 Å². The summed E-state index contributed by atoms with van der Waals surface area (Å²) in [4.78, 5) is 0. The zero-order chi connectivity index (χ0) is 11.4. The lowest BCUT2D eigenvalue weighted by molar-refractivity contribution is 0.457. The van der Waals surface area contributed by atoms with E-state index in [2.05, 4.69) is 36.5 Å². The Morgan fingerprint density at radius 3 is 2.59 bits per heavy atom. The Hall–Kier alpha value is -0.570. The van der Waals surface area contributed by atoms with Crippen molar-refractivity contribution in [1.82, 2.24) is 5.32 Å². The average Bonchev–Trinajstić information content (AvgIpc) is 2.39. The molecule has 2 nitrogen and oxygen atoms in total. The minimum absolute atomic E-state index is 0. The maximum atomic E-state index is 5.79. The first-order valence-electron chi connectivity index (χ1n) is 6.32. The topological polar surface area (TPSA) is 38.0 Å². The highest BCUT2D eigenvalue weighted by Gasteiger charge is 2.19. The quantitative estimate of drug-likeness (QED) is 0.870. The zero-order valence-electron chi connectivity index (χ0n) is 10.5. The molecule has 0 spiro atoms. The molecule has 1 saturated heterocycles. The Balaban J connectivity index is 0.00000144. The van der Waals surface area contributed by atoms with E-state index in [9.17, 15) is 0 Å². The molecule has 96 valence electrons. The van der Waals surface area contributed by atoms with Gasteiger partial charge in [-0.1, -0.05) is 31.2 Å². The number of hydrogen-bond donors (Lipinski definition) is 2. The summed E-state index contributed by atoms with van der Waals surface area (Å²) in [6.07, 6.45) is 2.52. The first kappa shape index (κ1) is 14.5. The molecule has 0 bridgehead atoms. The standard InChI is InChI=1S/C14H22N2.ClH/c1-11(10-15)13-4-2-3-5-14(13)12-6-8-16-9-7-12;/h2-5,11-12,16H,6-10,15H2,1H3;1H. The molecule has 17 heavy (non-hydrogen) atoms. The van der Waals surface area contributed by atoms with Crippen LogP contribution < -0.4 is 11.1 Å². The van der Waals surface area contributed by atoms with Gasteiger partial charge in [0.2, 0.25) is 0 Å². The van der Waals surface area contributed by atoms with Gasteiger partial charge in [0.1, 0.15) is 0 Å². The average molecular weight is 255 g/mol. The number of piperidine rings is 1. The predicted octanol–water partition coefficient (Wildman–Crippen LogP) is 2.64. The molecule has 0 radical (unpaired) electrons. The van der Waals surface area contributed by atoms with Crippen LogP contribution in [0.1, 0.15) is 42.7 Å². The second-order valence-corrected chi connectivity index (χ2v) is 4.79. The molecule has 1 aromatic carbocycles. The van der Waals surface area contributed by atoms with Gasteiger partial charge in [0.05, 0.1) is 0 Å². The number of nitrogens with two attached hydrogens (primary N) is 1. The van der Waals surface area contributed by atoms with Gasteiger partial charge < -0.3 is 11.1 Å². The summed E-state index contributed by atoms with van der Waals surface area (Å²) in [5, 5.41) is 3.42. The molecule has 1 atom stereocenters. The highest BCUT2D eigenvalue weighted by molar-refractivity contribution is 5.85. The fourth-order valence-corrected chi connectivity index (χ4v) is 2.59. The van der Waals surface area contributed by atoms with Gasteiger partial charge in [-0.2, -0.15) is 0 Å². The lowest BCUT2D eigenvalue weighted by atomic mass is 9.83. The number of halogens is 1. The van der Waals surface area contributed by atoms with Gasteiger partial charge in [0, 0.05) is 0 Å². The van der Waals surface area contributed by atoms with Crippen LogP contribution in [0.3, 0.4) is 0 Å². The highest BCUT2D eigenvalue weighted by Crippen LogP contribution is 2.31. The molecule has 1 heterocycles. The first-order chi connectivity index (χ1) is 7.83. The fourth-order valence-electron chi connectivity index (χ4n) is 2.59. The maximum Gasteiger partial charge on any atom is -0.00108 e. The number of hydrogen-bond acceptors (Lipinski definition) is 2. The molecule has 1 aliphatic heterocycles. The monoisotopic (exact) mass is 254 g/mol. The van der Waals surface area contributed by atoms with Crippen LogP contribution in [0.5, 0.6) is 0 Å². The summed E-state index contributed by atoms with van der Waals surface area (Å²) in [6, 6.07) is 8.82. The molecule has 1 aliphatic rings. The van der Waals surface area contributed by atoms with Crippen LogP contribution >= 0.6 is 12.4 Å². The minimum Gasteiger partial charge on any atom is -0.330 e. The number of benzene rings is 1. The van der Waals surface area contributed by atoms with Crippen LogP contribution in [0.2, 0.25) is 0 Å². The van der Waals surface area contributed by atoms with Gasteiger partial charge in [-0.05, 0) is 55.4 Å². The third kappa shape index (κ3) is 3.44. The Kier molecular flexibility index (Phi) is 5.96. The lowest BCUT2D eigenvalue weighted by Gasteiger charge is -2.26. The fraction of sp³-hybridized carbons (Fsp3) is 0.571. The SMILES string of the molecule is CC(CN)c1ccccc1C1CCNCC1.Cl. The molecule has 1 fully saturated rings. The van der Waals surface area contributed by atoms with Crippen LogP contribution in [0, 0.1) is 0 Å². The summed E-state index contributed by atoms with van der Waals surface area (Å²) in [5.74, 6) is 1.21. The van der Waals surface area contributed by atoms with Crippen LogP contribution in [0.15, 0.2) is 24.3 Å². The molecule has 0 aromatic heterocycles. The van der Waals surface area contributed by atoms with E-state index in [1.807, 2.05) is 0 Å². The van der Waals surface area contributed by atoms with Crippen molar-refractivity contribution in [2.75, 3.05) is 19.6 Å². The Bertz CT molecular complexity index is 335. The summed E-state index contributed by atoms with van der Waals surface area (Å²) >= 11 is 0. The van der Waals surface area contributed by atoms with Crippen molar-refractivity contribution >= 4 is 12.4 Å².